The van der Waals surface area contributed by atoms with Crippen molar-refractivity contribution in [1.82, 2.24) is 9.80 Å². The minimum Gasteiger partial charge on any atom is -0.336 e. The molecule has 1 N–H and O–H groups in total. The predicted molar refractivity (Wildman–Crippen MR) is 112 cm³/mol. The van der Waals surface area contributed by atoms with Gasteiger partial charge in [-0.3, -0.25) is 14.5 Å². The quantitative estimate of drug-likeness (QED) is 0.463. The minimum atomic E-state index is -0.505. The van der Waals surface area contributed by atoms with Crippen LogP contribution in [0.2, 0.25) is 0 Å². The van der Waals surface area contributed by atoms with E-state index in [4.69, 9.17) is 12.2 Å². The normalized spacial score (nSPS) is 17.1. The molecule has 1 saturated heterocycles. The molecular formula is C19H26BrN3O2S. The average Bonchev–Trinajstić information content (AvgIpc) is 2.81. The molecule has 1 aliphatic rings. The third-order valence-corrected chi connectivity index (χ3v) is 5.57. The lowest BCUT2D eigenvalue weighted by Gasteiger charge is -2.23. The lowest BCUT2D eigenvalue weighted by Crippen LogP contribution is -2.38. The van der Waals surface area contributed by atoms with Crippen LogP contribution in [0, 0.1) is 0 Å². The smallest absolute Gasteiger partial charge is 0.251 e. The lowest BCUT2D eigenvalue weighted by molar-refractivity contribution is -0.130. The van der Waals surface area contributed by atoms with E-state index in [1.165, 1.54) is 24.2 Å². The molecule has 0 radical (unpaired) electrons. The molecular weight excluding hydrogens is 414 g/mol. The van der Waals surface area contributed by atoms with Crippen molar-refractivity contribution in [2.24, 2.45) is 0 Å². The van der Waals surface area contributed by atoms with E-state index < -0.39 is 6.04 Å². The summed E-state index contributed by atoms with van der Waals surface area (Å²) in [5.41, 5.74) is 0.714. The van der Waals surface area contributed by atoms with E-state index in [0.29, 0.717) is 10.8 Å². The summed E-state index contributed by atoms with van der Waals surface area (Å²) in [5, 5.41) is 3.37. The molecule has 0 saturated carbocycles. The number of rotatable bonds is 9. The van der Waals surface area contributed by atoms with Crippen LogP contribution in [0.15, 0.2) is 28.7 Å². The van der Waals surface area contributed by atoms with Gasteiger partial charge in [-0.25, -0.2) is 0 Å². The second-order valence-corrected chi connectivity index (χ2v) is 7.84. The van der Waals surface area contributed by atoms with E-state index in [2.05, 4.69) is 28.2 Å². The van der Waals surface area contributed by atoms with Gasteiger partial charge in [-0.15, -0.1) is 0 Å². The molecule has 0 spiro atoms. The highest BCUT2D eigenvalue weighted by Crippen LogP contribution is 2.21. The molecule has 0 aromatic heterocycles. The highest BCUT2D eigenvalue weighted by Gasteiger charge is 2.40. The molecule has 2 amide bonds. The maximum atomic E-state index is 12.5. The van der Waals surface area contributed by atoms with Crippen LogP contribution in [-0.2, 0) is 9.59 Å². The standard InChI is InChI=1S/C19H26BrN3O2S/c1-3-4-5-6-7-12-23-16(18(25)22(2)19(23)26)13-17(24)21-15-10-8-14(20)9-11-15/h8-11,16H,3-7,12-13H2,1-2H3,(H,21,24). The number of likely N-dealkylation sites (N-methyl/N-ethyl adjacent to an activating group) is 1. The zero-order valence-electron chi connectivity index (χ0n) is 15.3. The summed E-state index contributed by atoms with van der Waals surface area (Å²) in [6.07, 6.45) is 5.81. The molecule has 1 aromatic carbocycles. The van der Waals surface area contributed by atoms with Crippen molar-refractivity contribution in [1.29, 1.82) is 0 Å². The topological polar surface area (TPSA) is 52.7 Å². The highest BCUT2D eigenvalue weighted by molar-refractivity contribution is 9.10. The number of thiocarbonyl (C=S) groups is 1. The summed E-state index contributed by atoms with van der Waals surface area (Å²) in [5.74, 6) is -0.283. The number of hydrogen-bond acceptors (Lipinski definition) is 3. The fraction of sp³-hybridized carbons (Fsp3) is 0.526. The van der Waals surface area contributed by atoms with Crippen LogP contribution in [0.1, 0.15) is 45.4 Å². The average molecular weight is 440 g/mol. The monoisotopic (exact) mass is 439 g/mol. The Morgan fingerprint density at radius 1 is 1.19 bits per heavy atom. The van der Waals surface area contributed by atoms with E-state index in [1.54, 1.807) is 7.05 Å². The Morgan fingerprint density at radius 2 is 1.85 bits per heavy atom. The molecule has 1 aliphatic heterocycles. The van der Waals surface area contributed by atoms with Crippen LogP contribution in [0.5, 0.6) is 0 Å². The van der Waals surface area contributed by atoms with Crippen molar-refractivity contribution >= 4 is 50.8 Å². The number of amides is 2. The number of nitrogens with one attached hydrogen (secondary N) is 1. The summed E-state index contributed by atoms with van der Waals surface area (Å²) in [4.78, 5) is 28.3. The van der Waals surface area contributed by atoms with Crippen molar-refractivity contribution in [2.75, 3.05) is 18.9 Å². The number of hydrogen-bond donors (Lipinski definition) is 1. The Balaban J connectivity index is 1.94. The van der Waals surface area contributed by atoms with Crippen LogP contribution in [0.25, 0.3) is 0 Å². The predicted octanol–water partition coefficient (Wildman–Crippen LogP) is 4.18. The first-order valence-corrected chi connectivity index (χ1v) is 10.3. The van der Waals surface area contributed by atoms with E-state index in [1.807, 2.05) is 29.2 Å². The molecule has 0 aliphatic carbocycles. The van der Waals surface area contributed by atoms with Gasteiger partial charge in [-0.1, -0.05) is 48.5 Å². The van der Waals surface area contributed by atoms with Gasteiger partial charge in [0.05, 0.1) is 6.42 Å². The second-order valence-electron chi connectivity index (χ2n) is 6.56. The third-order valence-electron chi connectivity index (χ3n) is 4.53. The molecule has 1 atom stereocenters. The lowest BCUT2D eigenvalue weighted by atomic mass is 10.1. The van der Waals surface area contributed by atoms with Crippen LogP contribution in [0.3, 0.4) is 0 Å². The number of unbranched alkanes of at least 4 members (excludes halogenated alkanes) is 4. The summed E-state index contributed by atoms with van der Waals surface area (Å²) in [6.45, 7) is 2.90. The van der Waals surface area contributed by atoms with Gasteiger partial charge in [0, 0.05) is 23.8 Å². The van der Waals surface area contributed by atoms with E-state index >= 15 is 0 Å². The van der Waals surface area contributed by atoms with Crippen LogP contribution < -0.4 is 5.32 Å². The minimum absolute atomic E-state index is 0.102. The van der Waals surface area contributed by atoms with Crippen molar-refractivity contribution in [3.8, 4) is 0 Å². The summed E-state index contributed by atoms with van der Waals surface area (Å²) >= 11 is 8.78. The number of carbonyl (C=O) groups is 2. The van der Waals surface area contributed by atoms with Gasteiger partial charge in [0.1, 0.15) is 6.04 Å². The van der Waals surface area contributed by atoms with Crippen molar-refractivity contribution < 1.29 is 9.59 Å². The molecule has 1 aromatic rings. The number of benzene rings is 1. The van der Waals surface area contributed by atoms with Crippen LogP contribution in [0.4, 0.5) is 5.69 Å². The number of nitrogens with zero attached hydrogens (tertiary/aromatic N) is 2. The van der Waals surface area contributed by atoms with Gasteiger partial charge in [-0.2, -0.15) is 0 Å². The van der Waals surface area contributed by atoms with Crippen LogP contribution in [-0.4, -0.2) is 46.4 Å². The Morgan fingerprint density at radius 3 is 2.50 bits per heavy atom. The highest BCUT2D eigenvalue weighted by atomic mass is 79.9. The third kappa shape index (κ3) is 5.51. The summed E-state index contributed by atoms with van der Waals surface area (Å²) < 4.78 is 0.947. The number of anilines is 1. The Hall–Kier alpha value is -1.47. The molecule has 1 fully saturated rings. The number of carbonyl (C=O) groups excluding carboxylic acids is 2. The molecule has 1 heterocycles. The molecule has 26 heavy (non-hydrogen) atoms. The molecule has 0 bridgehead atoms. The zero-order valence-corrected chi connectivity index (χ0v) is 17.7. The van der Waals surface area contributed by atoms with Gasteiger partial charge < -0.3 is 10.2 Å². The van der Waals surface area contributed by atoms with Crippen molar-refractivity contribution in [3.63, 3.8) is 0 Å². The fourth-order valence-corrected chi connectivity index (χ4v) is 3.61. The number of halogens is 1. The first-order valence-electron chi connectivity index (χ1n) is 9.07. The zero-order chi connectivity index (χ0) is 19.1. The molecule has 1 unspecified atom stereocenters. The van der Waals surface area contributed by atoms with Gasteiger partial charge >= 0.3 is 0 Å². The van der Waals surface area contributed by atoms with Crippen molar-refractivity contribution in [2.45, 2.75) is 51.5 Å². The maximum Gasteiger partial charge on any atom is 0.251 e. The largest absolute Gasteiger partial charge is 0.336 e. The van der Waals surface area contributed by atoms with Gasteiger partial charge in [0.25, 0.3) is 5.91 Å². The Kier molecular flexibility index (Phi) is 8.03. The Bertz CT molecular complexity index is 651. The molecule has 2 rings (SSSR count). The second kappa shape index (κ2) is 10.0. The van der Waals surface area contributed by atoms with E-state index in [0.717, 1.165) is 23.9 Å². The van der Waals surface area contributed by atoms with E-state index in [9.17, 15) is 9.59 Å². The Labute approximate surface area is 169 Å². The van der Waals surface area contributed by atoms with E-state index in [-0.39, 0.29) is 18.2 Å². The summed E-state index contributed by atoms with van der Waals surface area (Å²) in [7, 11) is 1.68. The first-order chi connectivity index (χ1) is 12.4. The van der Waals surface area contributed by atoms with Gasteiger partial charge in [0.15, 0.2) is 5.11 Å². The van der Waals surface area contributed by atoms with Crippen LogP contribution >= 0.6 is 28.1 Å². The van der Waals surface area contributed by atoms with Gasteiger partial charge in [0.2, 0.25) is 5.91 Å². The molecule has 142 valence electrons. The fourth-order valence-electron chi connectivity index (χ4n) is 3.03. The summed E-state index contributed by atoms with van der Waals surface area (Å²) in [6, 6.07) is 6.86. The van der Waals surface area contributed by atoms with Crippen molar-refractivity contribution in [3.05, 3.63) is 28.7 Å². The maximum absolute atomic E-state index is 12.5. The molecule has 5 nitrogen and oxygen atoms in total. The molecule has 7 heteroatoms. The van der Waals surface area contributed by atoms with Gasteiger partial charge in [-0.05, 0) is 42.9 Å². The SMILES string of the molecule is CCCCCCCN1C(=S)N(C)C(=O)C1CC(=O)Nc1ccc(Br)cc1. The first kappa shape index (κ1) is 20.8.